The van der Waals surface area contributed by atoms with Crippen molar-refractivity contribution in [2.24, 2.45) is 5.73 Å². The number of nitrogens with zero attached hydrogens (tertiary/aromatic N) is 2. The first kappa shape index (κ1) is 11.0. The predicted molar refractivity (Wildman–Crippen MR) is 56.8 cm³/mol. The van der Waals surface area contributed by atoms with Crippen LogP contribution in [0.2, 0.25) is 0 Å². The summed E-state index contributed by atoms with van der Waals surface area (Å²) in [6, 6.07) is 0. The molecular weight excluding hydrogens is 162 g/mol. The average molecular weight is 185 g/mol. The SMILES string of the molecule is CCCN(C)C1(CN)CCN(C)C1. The zero-order chi connectivity index (χ0) is 9.90. The Balaban J connectivity index is 2.59. The van der Waals surface area contributed by atoms with E-state index >= 15 is 0 Å². The van der Waals surface area contributed by atoms with Crippen molar-refractivity contribution >= 4 is 0 Å². The molecular formula is C10H23N3. The van der Waals surface area contributed by atoms with Gasteiger partial charge in [-0.15, -0.1) is 0 Å². The first-order valence-corrected chi connectivity index (χ1v) is 5.24. The summed E-state index contributed by atoms with van der Waals surface area (Å²) in [5.74, 6) is 0. The van der Waals surface area contributed by atoms with E-state index in [0.717, 1.165) is 19.6 Å². The van der Waals surface area contributed by atoms with Crippen LogP contribution in [0.15, 0.2) is 0 Å². The molecule has 0 aromatic carbocycles. The summed E-state index contributed by atoms with van der Waals surface area (Å²) in [5, 5.41) is 0. The topological polar surface area (TPSA) is 32.5 Å². The van der Waals surface area contributed by atoms with Gasteiger partial charge in [-0.25, -0.2) is 0 Å². The van der Waals surface area contributed by atoms with E-state index in [1.165, 1.54) is 19.4 Å². The minimum absolute atomic E-state index is 0.255. The average Bonchev–Trinajstić information content (AvgIpc) is 2.49. The van der Waals surface area contributed by atoms with Crippen LogP contribution < -0.4 is 5.73 Å². The first-order valence-electron chi connectivity index (χ1n) is 5.24. The van der Waals surface area contributed by atoms with Gasteiger partial charge < -0.3 is 10.6 Å². The monoisotopic (exact) mass is 185 g/mol. The van der Waals surface area contributed by atoms with Gasteiger partial charge in [0.05, 0.1) is 0 Å². The highest BCUT2D eigenvalue weighted by molar-refractivity contribution is 4.97. The van der Waals surface area contributed by atoms with Crippen LogP contribution in [-0.2, 0) is 0 Å². The van der Waals surface area contributed by atoms with E-state index in [2.05, 4.69) is 30.8 Å². The van der Waals surface area contributed by atoms with Gasteiger partial charge in [-0.1, -0.05) is 6.92 Å². The molecule has 0 amide bonds. The Morgan fingerprint density at radius 1 is 1.54 bits per heavy atom. The highest BCUT2D eigenvalue weighted by atomic mass is 15.3. The molecule has 1 atom stereocenters. The Labute approximate surface area is 81.9 Å². The van der Waals surface area contributed by atoms with Gasteiger partial charge >= 0.3 is 0 Å². The van der Waals surface area contributed by atoms with Crippen LogP contribution in [0.25, 0.3) is 0 Å². The fraction of sp³-hybridized carbons (Fsp3) is 1.00. The molecule has 0 saturated carbocycles. The lowest BCUT2D eigenvalue weighted by molar-refractivity contribution is 0.134. The van der Waals surface area contributed by atoms with Crippen molar-refractivity contribution in [3.05, 3.63) is 0 Å². The Bertz CT molecular complexity index is 160. The van der Waals surface area contributed by atoms with E-state index in [-0.39, 0.29) is 5.54 Å². The maximum Gasteiger partial charge on any atom is 0.0467 e. The maximum absolute atomic E-state index is 5.89. The lowest BCUT2D eigenvalue weighted by Crippen LogP contribution is -2.53. The Hall–Kier alpha value is -0.120. The molecule has 0 aromatic rings. The van der Waals surface area contributed by atoms with E-state index in [1.54, 1.807) is 0 Å². The van der Waals surface area contributed by atoms with Crippen LogP contribution in [0.4, 0.5) is 0 Å². The number of nitrogens with two attached hydrogens (primary N) is 1. The summed E-state index contributed by atoms with van der Waals surface area (Å²) >= 11 is 0. The molecule has 13 heavy (non-hydrogen) atoms. The molecule has 1 unspecified atom stereocenters. The van der Waals surface area contributed by atoms with Crippen molar-refractivity contribution in [2.45, 2.75) is 25.3 Å². The molecule has 1 heterocycles. The van der Waals surface area contributed by atoms with Gasteiger partial charge in [0.25, 0.3) is 0 Å². The molecule has 0 bridgehead atoms. The second-order valence-electron chi connectivity index (χ2n) is 4.34. The number of likely N-dealkylation sites (N-methyl/N-ethyl adjacent to an activating group) is 2. The fourth-order valence-electron chi connectivity index (χ4n) is 2.27. The summed E-state index contributed by atoms with van der Waals surface area (Å²) in [7, 11) is 4.38. The zero-order valence-corrected chi connectivity index (χ0v) is 9.21. The van der Waals surface area contributed by atoms with Crippen LogP contribution >= 0.6 is 0 Å². The van der Waals surface area contributed by atoms with Crippen molar-refractivity contribution in [1.82, 2.24) is 9.80 Å². The number of hydrogen-bond donors (Lipinski definition) is 1. The fourth-order valence-corrected chi connectivity index (χ4v) is 2.27. The highest BCUT2D eigenvalue weighted by Gasteiger charge is 2.38. The Morgan fingerprint density at radius 3 is 2.62 bits per heavy atom. The van der Waals surface area contributed by atoms with E-state index in [4.69, 9.17) is 5.73 Å². The molecule has 3 heteroatoms. The van der Waals surface area contributed by atoms with Gasteiger partial charge in [0.2, 0.25) is 0 Å². The normalized spacial score (nSPS) is 30.2. The largest absolute Gasteiger partial charge is 0.329 e. The van der Waals surface area contributed by atoms with Crippen LogP contribution in [0.1, 0.15) is 19.8 Å². The minimum Gasteiger partial charge on any atom is -0.329 e. The summed E-state index contributed by atoms with van der Waals surface area (Å²) in [6.45, 7) is 6.48. The molecule has 0 spiro atoms. The van der Waals surface area contributed by atoms with Crippen molar-refractivity contribution in [1.29, 1.82) is 0 Å². The Kier molecular flexibility index (Phi) is 3.71. The number of likely N-dealkylation sites (tertiary alicyclic amines) is 1. The van der Waals surface area contributed by atoms with E-state index in [9.17, 15) is 0 Å². The lowest BCUT2D eigenvalue weighted by atomic mass is 9.96. The molecule has 0 aromatic heterocycles. The van der Waals surface area contributed by atoms with Gasteiger partial charge in [-0.3, -0.25) is 4.90 Å². The summed E-state index contributed by atoms with van der Waals surface area (Å²) in [5.41, 5.74) is 6.15. The van der Waals surface area contributed by atoms with Crippen LogP contribution in [-0.4, -0.2) is 55.6 Å². The highest BCUT2D eigenvalue weighted by Crippen LogP contribution is 2.24. The molecule has 2 N–H and O–H groups in total. The summed E-state index contributed by atoms with van der Waals surface area (Å²) < 4.78 is 0. The van der Waals surface area contributed by atoms with Crippen molar-refractivity contribution in [3.63, 3.8) is 0 Å². The van der Waals surface area contributed by atoms with Gasteiger partial charge in [-0.05, 0) is 40.0 Å². The Morgan fingerprint density at radius 2 is 2.23 bits per heavy atom. The number of hydrogen-bond acceptors (Lipinski definition) is 3. The van der Waals surface area contributed by atoms with E-state index < -0.39 is 0 Å². The summed E-state index contributed by atoms with van der Waals surface area (Å²) in [6.07, 6.45) is 2.43. The molecule has 1 fully saturated rings. The predicted octanol–water partition coefficient (Wildman–Crippen LogP) is 0.361. The molecule has 1 aliphatic heterocycles. The first-order chi connectivity index (χ1) is 6.14. The maximum atomic E-state index is 5.89. The molecule has 3 nitrogen and oxygen atoms in total. The van der Waals surface area contributed by atoms with Crippen molar-refractivity contribution in [3.8, 4) is 0 Å². The smallest absolute Gasteiger partial charge is 0.0467 e. The van der Waals surface area contributed by atoms with Crippen LogP contribution in [0.5, 0.6) is 0 Å². The third-order valence-electron chi connectivity index (χ3n) is 3.27. The van der Waals surface area contributed by atoms with Gasteiger partial charge in [-0.2, -0.15) is 0 Å². The van der Waals surface area contributed by atoms with E-state index in [0.29, 0.717) is 0 Å². The van der Waals surface area contributed by atoms with Crippen molar-refractivity contribution in [2.75, 3.05) is 40.3 Å². The minimum atomic E-state index is 0.255. The quantitative estimate of drug-likeness (QED) is 0.686. The second-order valence-corrected chi connectivity index (χ2v) is 4.34. The van der Waals surface area contributed by atoms with Crippen molar-refractivity contribution < 1.29 is 0 Å². The van der Waals surface area contributed by atoms with Gasteiger partial charge in [0.1, 0.15) is 0 Å². The summed E-state index contributed by atoms with van der Waals surface area (Å²) in [4.78, 5) is 4.81. The molecule has 0 aliphatic carbocycles. The van der Waals surface area contributed by atoms with Gasteiger partial charge in [0.15, 0.2) is 0 Å². The zero-order valence-electron chi connectivity index (χ0n) is 9.21. The molecule has 1 saturated heterocycles. The second kappa shape index (κ2) is 4.40. The third kappa shape index (κ3) is 2.22. The standard InChI is InChI=1S/C10H23N3/c1-4-6-13(3)10(8-11)5-7-12(2)9-10/h4-9,11H2,1-3H3. The lowest BCUT2D eigenvalue weighted by Gasteiger charge is -2.37. The molecule has 78 valence electrons. The van der Waals surface area contributed by atoms with Gasteiger partial charge in [0, 0.05) is 18.6 Å². The van der Waals surface area contributed by atoms with Crippen LogP contribution in [0, 0.1) is 0 Å². The molecule has 1 rings (SSSR count). The molecule has 0 radical (unpaired) electrons. The van der Waals surface area contributed by atoms with Crippen LogP contribution in [0.3, 0.4) is 0 Å². The number of rotatable bonds is 4. The molecule has 1 aliphatic rings. The van der Waals surface area contributed by atoms with E-state index in [1.807, 2.05) is 0 Å². The third-order valence-corrected chi connectivity index (χ3v) is 3.27.